The number of amides is 1. The topological polar surface area (TPSA) is 50.7 Å². The average Bonchev–Trinajstić information content (AvgIpc) is 2.65. The summed E-state index contributed by atoms with van der Waals surface area (Å²) in [6, 6.07) is 23.8. The van der Waals surface area contributed by atoms with Gasteiger partial charge in [0.1, 0.15) is 5.75 Å². The summed E-state index contributed by atoms with van der Waals surface area (Å²) in [7, 11) is 0. The molecule has 4 nitrogen and oxygen atoms in total. The number of nitrogens with one attached hydrogen (secondary N) is 1. The van der Waals surface area contributed by atoms with Gasteiger partial charge in [-0.3, -0.25) is 4.79 Å². The van der Waals surface area contributed by atoms with E-state index in [1.54, 1.807) is 0 Å². The highest BCUT2D eigenvalue weighted by molar-refractivity contribution is 5.86. The molecule has 0 saturated heterocycles. The molecule has 0 saturated carbocycles. The molecule has 0 bridgehead atoms. The van der Waals surface area contributed by atoms with Crippen LogP contribution in [0, 0.1) is 0 Å². The first-order chi connectivity index (χ1) is 12.2. The fraction of sp³-hybridized carbons (Fsp3) is 0.143. The van der Waals surface area contributed by atoms with E-state index >= 15 is 0 Å². The lowest BCUT2D eigenvalue weighted by atomic mass is 10.1. The normalized spacial score (nSPS) is 11.3. The predicted octanol–water partition coefficient (Wildman–Crippen LogP) is 3.95. The van der Waals surface area contributed by atoms with E-state index in [1.165, 1.54) is 0 Å². The number of carbonyl (C=O) groups is 1. The number of ether oxygens (including phenoxy) is 1. The Bertz CT molecular complexity index is 889. The van der Waals surface area contributed by atoms with Gasteiger partial charge in [-0.25, -0.2) is 5.43 Å². The molecule has 0 heterocycles. The molecule has 0 spiro atoms. The Balaban J connectivity index is 1.51. The first-order valence-electron chi connectivity index (χ1n) is 8.18. The summed E-state index contributed by atoms with van der Waals surface area (Å²) in [5.74, 6) is 0.388. The van der Waals surface area contributed by atoms with Gasteiger partial charge in [-0.05, 0) is 35.4 Å². The number of carbonyl (C=O) groups excluding carboxylic acids is 1. The average molecular weight is 332 g/mol. The summed E-state index contributed by atoms with van der Waals surface area (Å²) in [6.45, 7) is 1.82. The van der Waals surface area contributed by atoms with Crippen molar-refractivity contribution in [3.05, 3.63) is 78.4 Å². The highest BCUT2D eigenvalue weighted by Crippen LogP contribution is 2.20. The molecule has 25 heavy (non-hydrogen) atoms. The van der Waals surface area contributed by atoms with Crippen LogP contribution < -0.4 is 10.2 Å². The zero-order valence-corrected chi connectivity index (χ0v) is 14.1. The molecule has 1 N–H and O–H groups in total. The minimum atomic E-state index is -0.277. The molecule has 0 unspecified atom stereocenters. The van der Waals surface area contributed by atoms with Crippen LogP contribution in [-0.2, 0) is 11.2 Å². The quantitative estimate of drug-likeness (QED) is 0.549. The molecule has 3 aromatic rings. The zero-order chi connectivity index (χ0) is 17.5. The van der Waals surface area contributed by atoms with Gasteiger partial charge in [0, 0.05) is 12.1 Å². The van der Waals surface area contributed by atoms with Crippen molar-refractivity contribution in [1.29, 1.82) is 0 Å². The van der Waals surface area contributed by atoms with Gasteiger partial charge in [-0.1, -0.05) is 60.7 Å². The Hall–Kier alpha value is -3.14. The molecule has 0 radical (unpaired) electrons. The van der Waals surface area contributed by atoms with Gasteiger partial charge in [-0.15, -0.1) is 0 Å². The van der Waals surface area contributed by atoms with Crippen molar-refractivity contribution >= 4 is 22.4 Å². The lowest BCUT2D eigenvalue weighted by Crippen LogP contribution is -2.25. The second-order valence-corrected chi connectivity index (χ2v) is 5.84. The molecular formula is C21H20N2O2. The summed E-state index contributed by atoms with van der Waals surface area (Å²) in [5.41, 5.74) is 4.53. The maximum absolute atomic E-state index is 11.9. The van der Waals surface area contributed by atoms with E-state index in [1.807, 2.05) is 79.7 Å². The van der Waals surface area contributed by atoms with Crippen molar-refractivity contribution < 1.29 is 9.53 Å². The van der Waals surface area contributed by atoms with Crippen molar-refractivity contribution in [2.75, 3.05) is 6.61 Å². The van der Waals surface area contributed by atoms with Gasteiger partial charge in [0.25, 0.3) is 5.91 Å². The fourth-order valence-corrected chi connectivity index (χ4v) is 2.53. The molecule has 0 aliphatic rings. The first kappa shape index (κ1) is 16.7. The number of hydrogen-bond donors (Lipinski definition) is 1. The highest BCUT2D eigenvalue weighted by atomic mass is 16.5. The van der Waals surface area contributed by atoms with E-state index in [-0.39, 0.29) is 12.5 Å². The number of benzene rings is 3. The van der Waals surface area contributed by atoms with E-state index in [9.17, 15) is 4.79 Å². The standard InChI is InChI=1S/C21H20N2O2/c1-16(13-17-7-3-2-4-8-17)22-23-21(24)15-25-20-12-11-18-9-5-6-10-19(18)14-20/h2-12,14H,13,15H2,1H3,(H,23,24). The van der Waals surface area contributed by atoms with E-state index < -0.39 is 0 Å². The van der Waals surface area contributed by atoms with Gasteiger partial charge in [0.05, 0.1) is 0 Å². The molecule has 0 atom stereocenters. The van der Waals surface area contributed by atoms with Gasteiger partial charge in [-0.2, -0.15) is 5.10 Å². The second kappa shape index (κ2) is 8.11. The van der Waals surface area contributed by atoms with E-state index in [2.05, 4.69) is 10.5 Å². The maximum Gasteiger partial charge on any atom is 0.277 e. The van der Waals surface area contributed by atoms with Crippen LogP contribution in [0.25, 0.3) is 10.8 Å². The van der Waals surface area contributed by atoms with Gasteiger partial charge in [0.2, 0.25) is 0 Å². The molecule has 0 fully saturated rings. The molecule has 3 rings (SSSR count). The van der Waals surface area contributed by atoms with E-state index in [4.69, 9.17) is 4.74 Å². The summed E-state index contributed by atoms with van der Waals surface area (Å²) in [4.78, 5) is 11.9. The number of hydrazone groups is 1. The second-order valence-electron chi connectivity index (χ2n) is 5.84. The van der Waals surface area contributed by atoms with Crippen LogP contribution in [0.1, 0.15) is 12.5 Å². The highest BCUT2D eigenvalue weighted by Gasteiger charge is 2.03. The van der Waals surface area contributed by atoms with Crippen LogP contribution >= 0.6 is 0 Å². The van der Waals surface area contributed by atoms with Crippen LogP contribution in [0.2, 0.25) is 0 Å². The molecule has 126 valence electrons. The Labute approximate surface area is 147 Å². The van der Waals surface area contributed by atoms with E-state index in [0.29, 0.717) is 12.2 Å². The summed E-state index contributed by atoms with van der Waals surface area (Å²) >= 11 is 0. The first-order valence-corrected chi connectivity index (χ1v) is 8.18. The van der Waals surface area contributed by atoms with Gasteiger partial charge >= 0.3 is 0 Å². The SMILES string of the molecule is CC(Cc1ccccc1)=NNC(=O)COc1ccc2ccccc2c1. The molecule has 1 amide bonds. The van der Waals surface area contributed by atoms with Crippen LogP contribution in [-0.4, -0.2) is 18.2 Å². The number of hydrogen-bond acceptors (Lipinski definition) is 3. The molecule has 0 aromatic heterocycles. The molecule has 0 aliphatic heterocycles. The van der Waals surface area contributed by atoms with E-state index in [0.717, 1.165) is 22.0 Å². The number of fused-ring (bicyclic) bond motifs is 1. The van der Waals surface area contributed by atoms with Crippen molar-refractivity contribution in [1.82, 2.24) is 5.43 Å². The summed E-state index contributed by atoms with van der Waals surface area (Å²) < 4.78 is 5.55. The summed E-state index contributed by atoms with van der Waals surface area (Å²) in [5, 5.41) is 6.34. The van der Waals surface area contributed by atoms with Crippen LogP contribution in [0.3, 0.4) is 0 Å². The minimum Gasteiger partial charge on any atom is -0.484 e. The molecule has 0 aliphatic carbocycles. The minimum absolute atomic E-state index is 0.0690. The third-order valence-electron chi connectivity index (χ3n) is 3.77. The van der Waals surface area contributed by atoms with Crippen molar-refractivity contribution in [3.63, 3.8) is 0 Å². The third-order valence-corrected chi connectivity index (χ3v) is 3.77. The maximum atomic E-state index is 11.9. The van der Waals surface area contributed by atoms with Crippen LogP contribution in [0.5, 0.6) is 5.75 Å². The largest absolute Gasteiger partial charge is 0.484 e. The van der Waals surface area contributed by atoms with Crippen LogP contribution in [0.4, 0.5) is 0 Å². The Morgan fingerprint density at radius 2 is 1.68 bits per heavy atom. The summed E-state index contributed by atoms with van der Waals surface area (Å²) in [6.07, 6.45) is 0.701. The van der Waals surface area contributed by atoms with Crippen molar-refractivity contribution in [2.45, 2.75) is 13.3 Å². The van der Waals surface area contributed by atoms with Crippen LogP contribution in [0.15, 0.2) is 77.9 Å². The molecule has 4 heteroatoms. The van der Waals surface area contributed by atoms with Gasteiger partial charge in [0.15, 0.2) is 6.61 Å². The monoisotopic (exact) mass is 332 g/mol. The molecule has 3 aromatic carbocycles. The lowest BCUT2D eigenvalue weighted by molar-refractivity contribution is -0.123. The molecular weight excluding hydrogens is 312 g/mol. The lowest BCUT2D eigenvalue weighted by Gasteiger charge is -2.07. The number of nitrogens with zero attached hydrogens (tertiary/aromatic N) is 1. The smallest absolute Gasteiger partial charge is 0.277 e. The number of rotatable bonds is 6. The Kier molecular flexibility index (Phi) is 5.42. The predicted molar refractivity (Wildman–Crippen MR) is 101 cm³/mol. The van der Waals surface area contributed by atoms with Gasteiger partial charge < -0.3 is 4.74 Å². The third kappa shape index (κ3) is 4.91. The Morgan fingerprint density at radius 3 is 2.48 bits per heavy atom. The zero-order valence-electron chi connectivity index (χ0n) is 14.1. The Morgan fingerprint density at radius 1 is 0.960 bits per heavy atom. The van der Waals surface area contributed by atoms with Crippen molar-refractivity contribution in [3.8, 4) is 5.75 Å². The fourth-order valence-electron chi connectivity index (χ4n) is 2.53. The van der Waals surface area contributed by atoms with Crippen molar-refractivity contribution in [2.24, 2.45) is 5.10 Å².